The Morgan fingerprint density at radius 2 is 1.68 bits per heavy atom. The maximum absolute atomic E-state index is 13.4. The van der Waals surface area contributed by atoms with Gasteiger partial charge < -0.3 is 0 Å². The first-order valence-corrected chi connectivity index (χ1v) is 6.83. The van der Waals surface area contributed by atoms with Gasteiger partial charge in [-0.3, -0.25) is 4.98 Å². The lowest BCUT2D eigenvalue weighted by atomic mass is 10.3. The van der Waals surface area contributed by atoms with Crippen molar-refractivity contribution in [2.75, 3.05) is 0 Å². The quantitative estimate of drug-likeness (QED) is 0.869. The Kier molecular flexibility index (Phi) is 3.71. The fourth-order valence-electron chi connectivity index (χ4n) is 1.42. The summed E-state index contributed by atoms with van der Waals surface area (Å²) < 4.78 is 50.4. The van der Waals surface area contributed by atoms with Crippen LogP contribution in [-0.4, -0.2) is 13.4 Å². The molecule has 0 aliphatic rings. The number of halogens is 2. The largest absolute Gasteiger partial charge is 0.254 e. The third-order valence-corrected chi connectivity index (χ3v) is 3.77. The number of nitrogens with zero attached hydrogens (tertiary/aromatic N) is 1. The van der Waals surface area contributed by atoms with E-state index < -0.39 is 26.4 Å². The van der Waals surface area contributed by atoms with Crippen LogP contribution in [0.2, 0.25) is 0 Å². The number of hydrogen-bond acceptors (Lipinski definition) is 3. The van der Waals surface area contributed by atoms with Crippen LogP contribution in [0.5, 0.6) is 0 Å². The number of benzene rings is 1. The van der Waals surface area contributed by atoms with E-state index in [2.05, 4.69) is 4.98 Å². The van der Waals surface area contributed by atoms with Crippen LogP contribution in [0.3, 0.4) is 0 Å². The molecule has 0 amide bonds. The second-order valence-corrected chi connectivity index (χ2v) is 5.45. The summed E-state index contributed by atoms with van der Waals surface area (Å²) in [5, 5.41) is 0.733. The number of hydrogen-bond donors (Lipinski definition) is 0. The van der Waals surface area contributed by atoms with E-state index in [1.807, 2.05) is 0 Å². The molecule has 1 aromatic carbocycles. The Labute approximate surface area is 109 Å². The normalized spacial score (nSPS) is 11.9. The van der Waals surface area contributed by atoms with E-state index in [9.17, 15) is 17.2 Å². The van der Waals surface area contributed by atoms with Crippen LogP contribution in [-0.2, 0) is 9.84 Å². The zero-order valence-corrected chi connectivity index (χ0v) is 10.4. The van der Waals surface area contributed by atoms with Gasteiger partial charge in [-0.25, -0.2) is 17.2 Å². The summed E-state index contributed by atoms with van der Waals surface area (Å²) in [5.41, 5.74) is -0.123. The Hall–Kier alpha value is -2.08. The molecule has 1 aromatic heterocycles. The molecule has 98 valence electrons. The summed E-state index contributed by atoms with van der Waals surface area (Å²) in [4.78, 5) is 3.22. The number of rotatable bonds is 3. The molecule has 19 heavy (non-hydrogen) atoms. The molecule has 0 N–H and O–H groups in total. The molecule has 0 aliphatic carbocycles. The van der Waals surface area contributed by atoms with Crippen molar-refractivity contribution < 1.29 is 17.2 Å². The first-order valence-electron chi connectivity index (χ1n) is 5.29. The molecule has 0 saturated carbocycles. The lowest BCUT2D eigenvalue weighted by Gasteiger charge is -2.00. The van der Waals surface area contributed by atoms with Crippen molar-refractivity contribution in [2.24, 2.45) is 0 Å². The molecular weight excluding hydrogens is 272 g/mol. The maximum Gasteiger partial charge on any atom is 0.202 e. The summed E-state index contributed by atoms with van der Waals surface area (Å²) in [6, 6.07) is 7.52. The summed E-state index contributed by atoms with van der Waals surface area (Å²) in [5.74, 6) is -1.50. The van der Waals surface area contributed by atoms with Gasteiger partial charge in [0.15, 0.2) is 0 Å². The van der Waals surface area contributed by atoms with Crippen molar-refractivity contribution in [1.29, 1.82) is 0 Å². The topological polar surface area (TPSA) is 47.0 Å². The van der Waals surface area contributed by atoms with E-state index in [4.69, 9.17) is 0 Å². The minimum absolute atomic E-state index is 0.123. The highest BCUT2D eigenvalue weighted by Gasteiger charge is 2.15. The lowest BCUT2D eigenvalue weighted by Crippen LogP contribution is -1.99. The summed E-state index contributed by atoms with van der Waals surface area (Å²) in [6.07, 6.45) is 2.33. The number of aromatic nitrogens is 1. The predicted octanol–water partition coefficient (Wildman–Crippen LogP) is 2.80. The zero-order valence-electron chi connectivity index (χ0n) is 9.62. The molecule has 0 atom stereocenters. The highest BCUT2D eigenvalue weighted by Crippen LogP contribution is 2.17. The maximum atomic E-state index is 13.4. The van der Waals surface area contributed by atoms with Gasteiger partial charge in [-0.15, -0.1) is 0 Å². The van der Waals surface area contributed by atoms with Crippen molar-refractivity contribution >= 4 is 15.9 Å². The van der Waals surface area contributed by atoms with Crippen molar-refractivity contribution in [3.05, 3.63) is 65.3 Å². The summed E-state index contributed by atoms with van der Waals surface area (Å²) >= 11 is 0. The van der Waals surface area contributed by atoms with Gasteiger partial charge in [0.1, 0.15) is 16.5 Å². The van der Waals surface area contributed by atoms with Gasteiger partial charge in [0.05, 0.1) is 5.69 Å². The molecular formula is C13H9F2NO2S. The van der Waals surface area contributed by atoms with Gasteiger partial charge in [-0.05, 0) is 30.3 Å². The average Bonchev–Trinajstić information content (AvgIpc) is 2.38. The van der Waals surface area contributed by atoms with E-state index in [0.717, 1.165) is 29.7 Å². The predicted molar refractivity (Wildman–Crippen MR) is 66.8 cm³/mol. The smallest absolute Gasteiger partial charge is 0.202 e. The highest BCUT2D eigenvalue weighted by molar-refractivity contribution is 7.94. The van der Waals surface area contributed by atoms with Crippen LogP contribution in [0.1, 0.15) is 5.69 Å². The molecule has 6 heteroatoms. The third-order valence-electron chi connectivity index (χ3n) is 2.34. The average molecular weight is 281 g/mol. The van der Waals surface area contributed by atoms with Crippen molar-refractivity contribution in [1.82, 2.24) is 4.98 Å². The first-order chi connectivity index (χ1) is 9.00. The van der Waals surface area contributed by atoms with E-state index in [-0.39, 0.29) is 5.69 Å². The Balaban J connectivity index is 2.38. The van der Waals surface area contributed by atoms with Crippen molar-refractivity contribution in [2.45, 2.75) is 4.90 Å². The molecule has 3 nitrogen and oxygen atoms in total. The molecule has 0 spiro atoms. The third kappa shape index (κ3) is 3.03. The van der Waals surface area contributed by atoms with Gasteiger partial charge in [-0.2, -0.15) is 0 Å². The monoisotopic (exact) mass is 281 g/mol. The van der Waals surface area contributed by atoms with Crippen LogP contribution in [0.25, 0.3) is 6.08 Å². The van der Waals surface area contributed by atoms with E-state index in [1.165, 1.54) is 24.4 Å². The van der Waals surface area contributed by atoms with Crippen molar-refractivity contribution in [3.8, 4) is 0 Å². The first kappa shape index (κ1) is 13.4. The minimum Gasteiger partial charge on any atom is -0.254 e. The highest BCUT2D eigenvalue weighted by atomic mass is 32.2. The fourth-order valence-corrected chi connectivity index (χ4v) is 2.49. The van der Waals surface area contributed by atoms with Gasteiger partial charge in [0.2, 0.25) is 9.84 Å². The van der Waals surface area contributed by atoms with Gasteiger partial charge in [0.25, 0.3) is 0 Å². The van der Waals surface area contributed by atoms with Gasteiger partial charge in [0, 0.05) is 11.6 Å². The van der Waals surface area contributed by atoms with Crippen molar-refractivity contribution in [3.63, 3.8) is 0 Å². The van der Waals surface area contributed by atoms with E-state index in [0.29, 0.717) is 0 Å². The molecule has 1 heterocycles. The lowest BCUT2D eigenvalue weighted by molar-refractivity contribution is 0.572. The second kappa shape index (κ2) is 5.27. The molecule has 0 fully saturated rings. The molecule has 0 aliphatic heterocycles. The fraction of sp³-hybridized carbons (Fsp3) is 0. The molecule has 0 unspecified atom stereocenters. The Bertz CT molecular complexity index is 727. The minimum atomic E-state index is -3.97. The van der Waals surface area contributed by atoms with Gasteiger partial charge in [-0.1, -0.05) is 12.1 Å². The van der Waals surface area contributed by atoms with Crippen LogP contribution < -0.4 is 0 Å². The summed E-state index contributed by atoms with van der Waals surface area (Å²) in [6.45, 7) is 0. The molecule has 2 rings (SSSR count). The van der Waals surface area contributed by atoms with E-state index in [1.54, 1.807) is 0 Å². The molecule has 2 aromatic rings. The number of pyridine rings is 1. The molecule has 0 radical (unpaired) electrons. The SMILES string of the molecule is O=S(=O)(/C=C/c1ncccc1F)c1ccccc1F. The molecule has 0 bridgehead atoms. The Morgan fingerprint density at radius 3 is 2.37 bits per heavy atom. The molecule has 0 saturated heterocycles. The summed E-state index contributed by atoms with van der Waals surface area (Å²) in [7, 11) is -3.97. The van der Waals surface area contributed by atoms with Gasteiger partial charge >= 0.3 is 0 Å². The van der Waals surface area contributed by atoms with Crippen LogP contribution in [0.15, 0.2) is 52.9 Å². The van der Waals surface area contributed by atoms with E-state index >= 15 is 0 Å². The van der Waals surface area contributed by atoms with Crippen LogP contribution in [0, 0.1) is 11.6 Å². The number of sulfone groups is 1. The standard InChI is InChI=1S/C13H9F2NO2S/c14-10-5-3-8-16-12(10)7-9-19(17,18)13-6-2-1-4-11(13)15/h1-9H/b9-7+. The van der Waals surface area contributed by atoms with Crippen LogP contribution >= 0.6 is 0 Å². The second-order valence-electron chi connectivity index (χ2n) is 3.65. The zero-order chi connectivity index (χ0) is 13.9. The van der Waals surface area contributed by atoms with Crippen LogP contribution in [0.4, 0.5) is 8.78 Å². The Morgan fingerprint density at radius 1 is 1.00 bits per heavy atom.